The Labute approximate surface area is 115 Å². The zero-order chi connectivity index (χ0) is 13.7. The average molecular weight is 289 g/mol. The number of anilines is 1. The molecule has 1 amide bonds. The maximum atomic E-state index is 13.5. The van der Waals surface area contributed by atoms with E-state index < -0.39 is 17.6 Å². The van der Waals surface area contributed by atoms with Crippen molar-refractivity contribution in [2.45, 2.75) is 19.8 Å². The summed E-state index contributed by atoms with van der Waals surface area (Å²) in [5.74, 6) is -1.63. The molecule has 3 N–H and O–H groups in total. The molecule has 0 aromatic heterocycles. The van der Waals surface area contributed by atoms with Crippen LogP contribution in [0.1, 0.15) is 19.8 Å². The summed E-state index contributed by atoms with van der Waals surface area (Å²) in [6, 6.07) is 4.18. The van der Waals surface area contributed by atoms with Crippen LogP contribution in [-0.4, -0.2) is 10.9 Å². The molecule has 0 bridgehead atoms. The first-order valence-electron chi connectivity index (χ1n) is 5.51. The lowest BCUT2D eigenvalue weighted by Crippen LogP contribution is -2.33. The first-order valence-corrected chi connectivity index (χ1v) is 6.30. The van der Waals surface area contributed by atoms with E-state index in [0.29, 0.717) is 6.42 Å². The molecule has 1 rings (SSSR count). The third-order valence-electron chi connectivity index (χ3n) is 2.45. The van der Waals surface area contributed by atoms with Crippen LogP contribution < -0.4 is 11.1 Å². The van der Waals surface area contributed by atoms with Gasteiger partial charge < -0.3 is 11.1 Å². The first kappa shape index (κ1) is 14.9. The molecular formula is C12H14ClFN2OS. The van der Waals surface area contributed by atoms with Crippen molar-refractivity contribution in [3.63, 3.8) is 0 Å². The quantitative estimate of drug-likeness (QED) is 0.819. The summed E-state index contributed by atoms with van der Waals surface area (Å²) in [6.07, 6.45) is 1.27. The summed E-state index contributed by atoms with van der Waals surface area (Å²) >= 11 is 10.6. The van der Waals surface area contributed by atoms with Crippen molar-refractivity contribution in [1.82, 2.24) is 0 Å². The van der Waals surface area contributed by atoms with Crippen LogP contribution >= 0.6 is 23.8 Å². The highest BCUT2D eigenvalue weighted by Gasteiger charge is 2.22. The van der Waals surface area contributed by atoms with Gasteiger partial charge in [-0.15, -0.1) is 0 Å². The number of carbonyl (C=O) groups excluding carboxylic acids is 1. The Morgan fingerprint density at radius 1 is 1.61 bits per heavy atom. The van der Waals surface area contributed by atoms with Gasteiger partial charge in [-0.2, -0.15) is 0 Å². The van der Waals surface area contributed by atoms with Crippen molar-refractivity contribution in [3.05, 3.63) is 29.0 Å². The molecule has 0 saturated heterocycles. The van der Waals surface area contributed by atoms with Crippen LogP contribution in [0.3, 0.4) is 0 Å². The van der Waals surface area contributed by atoms with Gasteiger partial charge in [0.1, 0.15) is 5.82 Å². The fourth-order valence-electron chi connectivity index (χ4n) is 1.52. The van der Waals surface area contributed by atoms with Crippen LogP contribution in [0.4, 0.5) is 10.1 Å². The number of hydrogen-bond donors (Lipinski definition) is 2. The molecule has 18 heavy (non-hydrogen) atoms. The molecule has 1 unspecified atom stereocenters. The van der Waals surface area contributed by atoms with Crippen LogP contribution in [0.15, 0.2) is 18.2 Å². The van der Waals surface area contributed by atoms with Crippen molar-refractivity contribution < 1.29 is 9.18 Å². The molecular weight excluding hydrogens is 275 g/mol. The molecule has 0 radical (unpaired) electrons. The zero-order valence-corrected chi connectivity index (χ0v) is 11.4. The Balaban J connectivity index is 2.89. The molecule has 0 spiro atoms. The zero-order valence-electron chi connectivity index (χ0n) is 9.87. The Morgan fingerprint density at radius 3 is 2.78 bits per heavy atom. The highest BCUT2D eigenvalue weighted by atomic mass is 35.5. The summed E-state index contributed by atoms with van der Waals surface area (Å²) in [7, 11) is 0. The van der Waals surface area contributed by atoms with Gasteiger partial charge in [-0.1, -0.05) is 43.2 Å². The summed E-state index contributed by atoms with van der Waals surface area (Å²) in [5.41, 5.74) is 5.46. The normalized spacial score (nSPS) is 11.9. The van der Waals surface area contributed by atoms with E-state index in [1.807, 2.05) is 6.92 Å². The largest absolute Gasteiger partial charge is 0.393 e. The summed E-state index contributed by atoms with van der Waals surface area (Å²) in [6.45, 7) is 1.91. The number of nitrogens with two attached hydrogens (primary N) is 1. The molecule has 3 nitrogen and oxygen atoms in total. The van der Waals surface area contributed by atoms with Crippen molar-refractivity contribution in [2.24, 2.45) is 11.7 Å². The summed E-state index contributed by atoms with van der Waals surface area (Å²) in [5, 5.41) is 2.57. The summed E-state index contributed by atoms with van der Waals surface area (Å²) < 4.78 is 13.5. The second kappa shape index (κ2) is 6.66. The second-order valence-corrected chi connectivity index (χ2v) is 4.71. The van der Waals surface area contributed by atoms with Gasteiger partial charge >= 0.3 is 0 Å². The van der Waals surface area contributed by atoms with Gasteiger partial charge in [0.05, 0.1) is 21.6 Å². The number of benzene rings is 1. The molecule has 0 heterocycles. The lowest BCUT2D eigenvalue weighted by atomic mass is 10.0. The maximum absolute atomic E-state index is 13.5. The first-order chi connectivity index (χ1) is 8.47. The molecule has 1 atom stereocenters. The number of halogens is 2. The van der Waals surface area contributed by atoms with Crippen LogP contribution in [0.25, 0.3) is 0 Å². The van der Waals surface area contributed by atoms with E-state index >= 15 is 0 Å². The second-order valence-electron chi connectivity index (χ2n) is 3.83. The molecule has 98 valence electrons. The number of rotatable bonds is 5. The monoisotopic (exact) mass is 288 g/mol. The van der Waals surface area contributed by atoms with Gasteiger partial charge in [0, 0.05) is 0 Å². The predicted octanol–water partition coefficient (Wildman–Crippen LogP) is 3.12. The van der Waals surface area contributed by atoms with Crippen LogP contribution in [0, 0.1) is 11.7 Å². The van der Waals surface area contributed by atoms with E-state index in [2.05, 4.69) is 5.32 Å². The van der Waals surface area contributed by atoms with Crippen molar-refractivity contribution in [2.75, 3.05) is 5.32 Å². The number of hydrogen-bond acceptors (Lipinski definition) is 2. The van der Waals surface area contributed by atoms with Gasteiger partial charge in [0.15, 0.2) is 0 Å². The number of nitrogens with one attached hydrogen (secondary N) is 1. The SMILES string of the molecule is CCCC(C(=O)Nc1c(F)cccc1Cl)C(N)=S. The molecule has 0 saturated carbocycles. The molecule has 0 aliphatic heterocycles. The van der Waals surface area contributed by atoms with Crippen molar-refractivity contribution in [1.29, 1.82) is 0 Å². The fourth-order valence-corrected chi connectivity index (χ4v) is 1.95. The number of thiocarbonyl (C=S) groups is 1. The van der Waals surface area contributed by atoms with E-state index in [1.54, 1.807) is 0 Å². The predicted molar refractivity (Wildman–Crippen MR) is 75.2 cm³/mol. The third-order valence-corrected chi connectivity index (χ3v) is 3.05. The minimum Gasteiger partial charge on any atom is -0.393 e. The van der Waals surface area contributed by atoms with Gasteiger partial charge in [-0.25, -0.2) is 4.39 Å². The van der Waals surface area contributed by atoms with E-state index in [9.17, 15) is 9.18 Å². The van der Waals surface area contributed by atoms with E-state index in [1.165, 1.54) is 18.2 Å². The third kappa shape index (κ3) is 3.65. The number of amides is 1. The van der Waals surface area contributed by atoms with Gasteiger partial charge in [-0.05, 0) is 18.6 Å². The Kier molecular flexibility index (Phi) is 5.50. The van der Waals surface area contributed by atoms with Crippen LogP contribution in [0.5, 0.6) is 0 Å². The molecule has 0 aliphatic carbocycles. The Hall–Kier alpha value is -1.20. The van der Waals surface area contributed by atoms with Gasteiger partial charge in [0.25, 0.3) is 0 Å². The minimum absolute atomic E-state index is 0.0403. The molecule has 6 heteroatoms. The lowest BCUT2D eigenvalue weighted by molar-refractivity contribution is -0.118. The highest BCUT2D eigenvalue weighted by molar-refractivity contribution is 7.80. The fraction of sp³-hybridized carbons (Fsp3) is 0.333. The van der Waals surface area contributed by atoms with Crippen LogP contribution in [0.2, 0.25) is 5.02 Å². The standard InChI is InChI=1S/C12H14ClFN2OS/c1-2-4-7(11(15)18)12(17)16-10-8(13)5-3-6-9(10)14/h3,5-7H,2,4H2,1H3,(H2,15,18)(H,16,17). The maximum Gasteiger partial charge on any atom is 0.234 e. The van der Waals surface area contributed by atoms with Gasteiger partial charge in [0.2, 0.25) is 5.91 Å². The minimum atomic E-state index is -0.610. The topological polar surface area (TPSA) is 55.1 Å². The smallest absolute Gasteiger partial charge is 0.234 e. The number of para-hydroxylation sites is 1. The van der Waals surface area contributed by atoms with E-state index in [4.69, 9.17) is 29.6 Å². The molecule has 1 aromatic carbocycles. The van der Waals surface area contributed by atoms with Crippen LogP contribution in [-0.2, 0) is 4.79 Å². The van der Waals surface area contributed by atoms with Crippen molar-refractivity contribution in [3.8, 4) is 0 Å². The summed E-state index contributed by atoms with van der Waals surface area (Å²) in [4.78, 5) is 12.0. The molecule has 1 aromatic rings. The lowest BCUT2D eigenvalue weighted by Gasteiger charge is -2.15. The number of carbonyl (C=O) groups is 1. The van der Waals surface area contributed by atoms with E-state index in [0.717, 1.165) is 6.42 Å². The van der Waals surface area contributed by atoms with Crippen molar-refractivity contribution >= 4 is 40.4 Å². The Morgan fingerprint density at radius 2 is 2.28 bits per heavy atom. The average Bonchev–Trinajstić information content (AvgIpc) is 2.30. The molecule has 0 aliphatic rings. The molecule has 0 fully saturated rings. The highest BCUT2D eigenvalue weighted by Crippen LogP contribution is 2.25. The van der Waals surface area contributed by atoms with E-state index in [-0.39, 0.29) is 15.7 Å². The van der Waals surface area contributed by atoms with Gasteiger partial charge in [-0.3, -0.25) is 4.79 Å². The Bertz CT molecular complexity index is 447.